The van der Waals surface area contributed by atoms with Gasteiger partial charge in [0, 0.05) is 29.6 Å². The summed E-state index contributed by atoms with van der Waals surface area (Å²) in [7, 11) is 0. The molecule has 9 nitrogen and oxygen atoms in total. The molecule has 2 aromatic heterocycles. The number of carbonyl (C=O) groups excluding carboxylic acids is 1. The molecule has 0 amide bonds. The van der Waals surface area contributed by atoms with E-state index in [1.165, 1.54) is 24.3 Å². The van der Waals surface area contributed by atoms with Crippen LogP contribution in [0.15, 0.2) is 47.1 Å². The van der Waals surface area contributed by atoms with Crippen LogP contribution in [0, 0.1) is 17.0 Å². The van der Waals surface area contributed by atoms with Gasteiger partial charge in [-0.2, -0.15) is 4.98 Å². The molecule has 132 valence electrons. The second-order valence-electron chi connectivity index (χ2n) is 5.46. The number of hydrogen-bond acceptors (Lipinski definition) is 8. The number of carbonyl (C=O) groups is 1. The van der Waals surface area contributed by atoms with Gasteiger partial charge in [0.05, 0.1) is 11.3 Å². The fourth-order valence-electron chi connectivity index (χ4n) is 2.13. The van der Waals surface area contributed by atoms with Gasteiger partial charge < -0.3 is 9.26 Å². The molecule has 3 aromatic rings. The molecule has 0 saturated heterocycles. The number of rotatable bonds is 6. The molecule has 0 saturated carbocycles. The molecule has 0 fully saturated rings. The first-order valence-corrected chi connectivity index (χ1v) is 7.66. The Hall–Kier alpha value is -3.62. The van der Waals surface area contributed by atoms with Gasteiger partial charge in [-0.05, 0) is 30.7 Å². The fourth-order valence-corrected chi connectivity index (χ4v) is 2.13. The van der Waals surface area contributed by atoms with Gasteiger partial charge in [0.25, 0.3) is 11.6 Å². The van der Waals surface area contributed by atoms with Gasteiger partial charge in [-0.1, -0.05) is 11.2 Å². The highest BCUT2D eigenvalue weighted by Crippen LogP contribution is 2.20. The van der Waals surface area contributed by atoms with E-state index in [9.17, 15) is 14.9 Å². The predicted octanol–water partition coefficient (Wildman–Crippen LogP) is 2.63. The van der Waals surface area contributed by atoms with E-state index in [2.05, 4.69) is 15.1 Å². The molecular formula is C17H14N4O5. The molecule has 0 bridgehead atoms. The van der Waals surface area contributed by atoms with Crippen molar-refractivity contribution >= 4 is 11.7 Å². The molecule has 3 rings (SSSR count). The number of aryl methyl sites for hydroxylation is 1. The van der Waals surface area contributed by atoms with Gasteiger partial charge in [0.1, 0.15) is 0 Å². The van der Waals surface area contributed by atoms with Crippen LogP contribution < -0.4 is 0 Å². The molecule has 0 N–H and O–H groups in total. The van der Waals surface area contributed by atoms with Crippen LogP contribution in [0.1, 0.15) is 17.1 Å². The number of pyridine rings is 1. The van der Waals surface area contributed by atoms with Gasteiger partial charge in [0.15, 0.2) is 6.61 Å². The van der Waals surface area contributed by atoms with Crippen LogP contribution in [-0.4, -0.2) is 26.0 Å². The number of nitro groups is 1. The Labute approximate surface area is 147 Å². The highest BCUT2D eigenvalue weighted by Gasteiger charge is 2.13. The lowest BCUT2D eigenvalue weighted by Crippen LogP contribution is -2.08. The largest absolute Gasteiger partial charge is 0.455 e. The Balaban J connectivity index is 1.57. The SMILES string of the molecule is Cc1ccc(CC(=O)OCc2nc(-c3ccc([N+](=O)[O-])cc3)no2)cn1. The average Bonchev–Trinajstić information content (AvgIpc) is 3.11. The molecular weight excluding hydrogens is 340 g/mol. The van der Waals surface area contributed by atoms with E-state index >= 15 is 0 Å². The molecule has 0 atom stereocenters. The maximum atomic E-state index is 11.8. The van der Waals surface area contributed by atoms with E-state index in [-0.39, 0.29) is 30.4 Å². The molecule has 0 aliphatic heterocycles. The smallest absolute Gasteiger partial charge is 0.310 e. The molecule has 0 unspecified atom stereocenters. The van der Waals surface area contributed by atoms with Crippen LogP contribution in [0.3, 0.4) is 0 Å². The number of nitro benzene ring substituents is 1. The van der Waals surface area contributed by atoms with E-state index in [4.69, 9.17) is 9.26 Å². The van der Waals surface area contributed by atoms with Crippen LogP contribution >= 0.6 is 0 Å². The second kappa shape index (κ2) is 7.51. The van der Waals surface area contributed by atoms with Crippen molar-refractivity contribution in [3.8, 4) is 11.4 Å². The van der Waals surface area contributed by atoms with Crippen LogP contribution in [-0.2, 0) is 22.6 Å². The number of esters is 1. The van der Waals surface area contributed by atoms with Gasteiger partial charge in [-0.3, -0.25) is 19.9 Å². The molecule has 0 aliphatic rings. The third-order valence-corrected chi connectivity index (χ3v) is 3.48. The van der Waals surface area contributed by atoms with Crippen LogP contribution in [0.5, 0.6) is 0 Å². The lowest BCUT2D eigenvalue weighted by atomic mass is 10.2. The summed E-state index contributed by atoms with van der Waals surface area (Å²) in [5, 5.41) is 14.4. The van der Waals surface area contributed by atoms with Crippen molar-refractivity contribution in [3.63, 3.8) is 0 Å². The zero-order valence-electron chi connectivity index (χ0n) is 13.8. The van der Waals surface area contributed by atoms with E-state index < -0.39 is 10.9 Å². The molecule has 0 radical (unpaired) electrons. The summed E-state index contributed by atoms with van der Waals surface area (Å²) >= 11 is 0. The standard InChI is InChI=1S/C17H14N4O5/c1-11-2-3-12(9-18-11)8-16(22)25-10-15-19-17(20-26-15)13-4-6-14(7-5-13)21(23)24/h2-7,9H,8,10H2,1H3. The van der Waals surface area contributed by atoms with Crippen molar-refractivity contribution in [3.05, 3.63) is 69.9 Å². The predicted molar refractivity (Wildman–Crippen MR) is 88.9 cm³/mol. The van der Waals surface area contributed by atoms with E-state index in [0.29, 0.717) is 5.56 Å². The number of aromatic nitrogens is 3. The number of nitrogens with zero attached hydrogens (tertiary/aromatic N) is 4. The van der Waals surface area contributed by atoms with Crippen molar-refractivity contribution in [2.75, 3.05) is 0 Å². The van der Waals surface area contributed by atoms with E-state index in [0.717, 1.165) is 11.3 Å². The first-order valence-electron chi connectivity index (χ1n) is 7.66. The van der Waals surface area contributed by atoms with Gasteiger partial charge in [0.2, 0.25) is 5.82 Å². The average molecular weight is 354 g/mol. The third kappa shape index (κ3) is 4.26. The Kier molecular flexibility index (Phi) is 4.97. The Morgan fingerprint density at radius 3 is 2.65 bits per heavy atom. The zero-order chi connectivity index (χ0) is 18.5. The van der Waals surface area contributed by atoms with Crippen molar-refractivity contribution in [2.24, 2.45) is 0 Å². The van der Waals surface area contributed by atoms with Gasteiger partial charge in [-0.25, -0.2) is 0 Å². The molecule has 9 heteroatoms. The minimum absolute atomic E-state index is 0.0306. The van der Waals surface area contributed by atoms with Crippen LogP contribution in [0.25, 0.3) is 11.4 Å². The molecule has 0 spiro atoms. The second-order valence-corrected chi connectivity index (χ2v) is 5.46. The van der Waals surface area contributed by atoms with Crippen molar-refractivity contribution in [1.82, 2.24) is 15.1 Å². The summed E-state index contributed by atoms with van der Waals surface area (Å²) in [6, 6.07) is 9.36. The van der Waals surface area contributed by atoms with Crippen LogP contribution in [0.2, 0.25) is 0 Å². The monoisotopic (exact) mass is 354 g/mol. The minimum Gasteiger partial charge on any atom is -0.455 e. The maximum Gasteiger partial charge on any atom is 0.310 e. The van der Waals surface area contributed by atoms with Gasteiger partial charge >= 0.3 is 5.97 Å². The lowest BCUT2D eigenvalue weighted by Gasteiger charge is -2.02. The summed E-state index contributed by atoms with van der Waals surface area (Å²) < 4.78 is 10.1. The van der Waals surface area contributed by atoms with E-state index in [1.54, 1.807) is 6.20 Å². The summed E-state index contributed by atoms with van der Waals surface area (Å²) in [5.41, 5.74) is 2.14. The molecule has 0 aliphatic carbocycles. The summed E-state index contributed by atoms with van der Waals surface area (Å²) in [6.07, 6.45) is 1.71. The fraction of sp³-hybridized carbons (Fsp3) is 0.176. The zero-order valence-corrected chi connectivity index (χ0v) is 13.8. The number of non-ortho nitro benzene ring substituents is 1. The quantitative estimate of drug-likeness (QED) is 0.376. The first-order chi connectivity index (χ1) is 12.5. The third-order valence-electron chi connectivity index (χ3n) is 3.48. The van der Waals surface area contributed by atoms with Crippen molar-refractivity contribution < 1.29 is 19.0 Å². The number of ether oxygens (including phenoxy) is 1. The van der Waals surface area contributed by atoms with Crippen molar-refractivity contribution in [2.45, 2.75) is 20.0 Å². The normalized spacial score (nSPS) is 10.5. The minimum atomic E-state index is -0.492. The summed E-state index contributed by atoms with van der Waals surface area (Å²) in [6.45, 7) is 1.71. The van der Waals surface area contributed by atoms with Gasteiger partial charge in [-0.15, -0.1) is 0 Å². The first kappa shape index (κ1) is 17.2. The number of hydrogen-bond donors (Lipinski definition) is 0. The van der Waals surface area contributed by atoms with Crippen molar-refractivity contribution in [1.29, 1.82) is 0 Å². The van der Waals surface area contributed by atoms with Crippen LogP contribution in [0.4, 0.5) is 5.69 Å². The molecule has 26 heavy (non-hydrogen) atoms. The number of benzene rings is 1. The molecule has 2 heterocycles. The summed E-state index contributed by atoms with van der Waals surface area (Å²) in [4.78, 5) is 30.2. The molecule has 1 aromatic carbocycles. The highest BCUT2D eigenvalue weighted by atomic mass is 16.6. The highest BCUT2D eigenvalue weighted by molar-refractivity contribution is 5.72. The Morgan fingerprint density at radius 2 is 2.00 bits per heavy atom. The maximum absolute atomic E-state index is 11.8. The Morgan fingerprint density at radius 1 is 1.23 bits per heavy atom. The summed E-state index contributed by atoms with van der Waals surface area (Å²) in [5.74, 6) is -0.0480. The Bertz CT molecular complexity index is 919. The lowest BCUT2D eigenvalue weighted by molar-refractivity contribution is -0.384. The topological polar surface area (TPSA) is 121 Å². The van der Waals surface area contributed by atoms with E-state index in [1.807, 2.05) is 19.1 Å².